The van der Waals surface area contributed by atoms with Gasteiger partial charge in [0, 0.05) is 16.7 Å². The summed E-state index contributed by atoms with van der Waals surface area (Å²) in [5.74, 6) is 0. The second-order valence-electron chi connectivity index (χ2n) is 4.51. The average molecular weight is 351 g/mol. The smallest absolute Gasteiger partial charge is 0.240 e. The van der Waals surface area contributed by atoms with E-state index in [4.69, 9.17) is 10.8 Å². The third-order valence-corrected chi connectivity index (χ3v) is 4.79. The molecule has 0 heterocycles. The summed E-state index contributed by atoms with van der Waals surface area (Å²) in [6.07, 6.45) is 0.717. The minimum absolute atomic E-state index is 0.177. The Kier molecular flexibility index (Phi) is 5.79. The van der Waals surface area contributed by atoms with Crippen molar-refractivity contribution in [3.63, 3.8) is 0 Å². The fraction of sp³-hybridized carbons (Fsp3) is 0.500. The van der Waals surface area contributed by atoms with Crippen LogP contribution in [0, 0.1) is 6.92 Å². The number of anilines is 1. The van der Waals surface area contributed by atoms with Crippen LogP contribution < -0.4 is 10.5 Å². The summed E-state index contributed by atoms with van der Waals surface area (Å²) in [5.41, 5.74) is 6.72. The predicted octanol–water partition coefficient (Wildman–Crippen LogP) is 1.78. The highest BCUT2D eigenvalue weighted by atomic mass is 79.9. The van der Waals surface area contributed by atoms with Gasteiger partial charge in [0.2, 0.25) is 10.0 Å². The van der Waals surface area contributed by atoms with E-state index >= 15 is 0 Å². The lowest BCUT2D eigenvalue weighted by atomic mass is 10.2. The number of halogens is 1. The van der Waals surface area contributed by atoms with Crippen molar-refractivity contribution in [2.24, 2.45) is 0 Å². The van der Waals surface area contributed by atoms with Gasteiger partial charge in [-0.15, -0.1) is 0 Å². The maximum absolute atomic E-state index is 12.2. The molecule has 0 spiro atoms. The Labute approximate surface area is 122 Å². The van der Waals surface area contributed by atoms with Crippen molar-refractivity contribution in [1.29, 1.82) is 0 Å². The van der Waals surface area contributed by atoms with E-state index in [1.807, 2.05) is 0 Å². The summed E-state index contributed by atoms with van der Waals surface area (Å²) in [6, 6.07) is 3.20. The molecule has 0 bridgehead atoms. The van der Waals surface area contributed by atoms with Crippen LogP contribution in [0.1, 0.15) is 25.3 Å². The number of nitrogen functional groups attached to an aromatic ring is 1. The van der Waals surface area contributed by atoms with Crippen molar-refractivity contribution in [2.75, 3.05) is 12.3 Å². The quantitative estimate of drug-likeness (QED) is 0.538. The van der Waals surface area contributed by atoms with Crippen LogP contribution in [0.4, 0.5) is 5.69 Å². The molecule has 0 aliphatic carbocycles. The van der Waals surface area contributed by atoms with E-state index in [-0.39, 0.29) is 4.90 Å². The van der Waals surface area contributed by atoms with Gasteiger partial charge in [0.05, 0.1) is 11.0 Å². The molecule has 1 aromatic carbocycles. The van der Waals surface area contributed by atoms with E-state index in [1.54, 1.807) is 19.9 Å². The molecule has 0 saturated carbocycles. The number of aliphatic hydroxyl groups is 1. The molecule has 0 amide bonds. The normalized spacial score (nSPS) is 13.5. The van der Waals surface area contributed by atoms with E-state index < -0.39 is 16.1 Å². The van der Waals surface area contributed by atoms with E-state index in [2.05, 4.69) is 20.7 Å². The van der Waals surface area contributed by atoms with Gasteiger partial charge in [-0.3, -0.25) is 0 Å². The van der Waals surface area contributed by atoms with Gasteiger partial charge < -0.3 is 10.8 Å². The van der Waals surface area contributed by atoms with Crippen LogP contribution in [0.3, 0.4) is 0 Å². The first kappa shape index (κ1) is 16.4. The standard InChI is InChI=1S/C12H19BrN2O3S/c1-8(16)4-3-5-15-19(17,18)12-7-10(13)6-11(14)9(12)2/h6-8,15-16H,3-5,14H2,1-2H3. The number of aliphatic hydroxyl groups excluding tert-OH is 1. The Morgan fingerprint density at radius 3 is 2.68 bits per heavy atom. The number of benzene rings is 1. The predicted molar refractivity (Wildman–Crippen MR) is 79.4 cm³/mol. The van der Waals surface area contributed by atoms with Crippen molar-refractivity contribution < 1.29 is 13.5 Å². The summed E-state index contributed by atoms with van der Waals surface area (Å²) in [4.78, 5) is 0.177. The minimum atomic E-state index is -3.58. The lowest BCUT2D eigenvalue weighted by Crippen LogP contribution is -2.26. The molecule has 0 aromatic heterocycles. The number of nitrogens with two attached hydrogens (primary N) is 1. The Morgan fingerprint density at radius 1 is 1.47 bits per heavy atom. The molecule has 0 fully saturated rings. The molecular weight excluding hydrogens is 332 g/mol. The Bertz CT molecular complexity index is 544. The first-order valence-electron chi connectivity index (χ1n) is 5.97. The summed E-state index contributed by atoms with van der Waals surface area (Å²) in [5, 5.41) is 9.12. The number of rotatable bonds is 6. The van der Waals surface area contributed by atoms with E-state index in [9.17, 15) is 8.42 Å². The van der Waals surface area contributed by atoms with E-state index in [0.29, 0.717) is 35.1 Å². The molecule has 19 heavy (non-hydrogen) atoms. The lowest BCUT2D eigenvalue weighted by molar-refractivity contribution is 0.182. The van der Waals surface area contributed by atoms with Crippen LogP contribution in [0.5, 0.6) is 0 Å². The Morgan fingerprint density at radius 2 is 2.11 bits per heavy atom. The van der Waals surface area contributed by atoms with Crippen molar-refractivity contribution in [2.45, 2.75) is 37.7 Å². The van der Waals surface area contributed by atoms with Crippen molar-refractivity contribution in [3.05, 3.63) is 22.2 Å². The van der Waals surface area contributed by atoms with Gasteiger partial charge in [-0.25, -0.2) is 13.1 Å². The summed E-state index contributed by atoms with van der Waals surface area (Å²) < 4.78 is 27.4. The van der Waals surface area contributed by atoms with Crippen LogP contribution in [0.15, 0.2) is 21.5 Å². The minimum Gasteiger partial charge on any atom is -0.398 e. The van der Waals surface area contributed by atoms with Gasteiger partial charge >= 0.3 is 0 Å². The summed E-state index contributed by atoms with van der Waals surface area (Å²) >= 11 is 3.24. The molecule has 1 aromatic rings. The fourth-order valence-corrected chi connectivity index (χ4v) is 3.63. The van der Waals surface area contributed by atoms with Crippen molar-refractivity contribution in [3.8, 4) is 0 Å². The van der Waals surface area contributed by atoms with Gasteiger partial charge in [-0.2, -0.15) is 0 Å². The molecule has 1 atom stereocenters. The number of hydrogen-bond donors (Lipinski definition) is 3. The highest BCUT2D eigenvalue weighted by Crippen LogP contribution is 2.26. The average Bonchev–Trinajstić information content (AvgIpc) is 2.29. The zero-order valence-corrected chi connectivity index (χ0v) is 13.4. The fourth-order valence-electron chi connectivity index (χ4n) is 1.64. The Hall–Kier alpha value is -0.630. The number of sulfonamides is 1. The molecule has 5 nitrogen and oxygen atoms in total. The second kappa shape index (κ2) is 6.69. The number of hydrogen-bond acceptors (Lipinski definition) is 4. The van der Waals surface area contributed by atoms with Crippen molar-refractivity contribution in [1.82, 2.24) is 4.72 Å². The number of nitrogens with one attached hydrogen (secondary N) is 1. The molecular formula is C12H19BrN2O3S. The molecule has 4 N–H and O–H groups in total. The zero-order valence-electron chi connectivity index (χ0n) is 11.0. The molecule has 0 aliphatic rings. The molecule has 0 radical (unpaired) electrons. The van der Waals surface area contributed by atoms with Crippen LogP contribution in [0.2, 0.25) is 0 Å². The highest BCUT2D eigenvalue weighted by Gasteiger charge is 2.18. The monoisotopic (exact) mass is 350 g/mol. The molecule has 0 saturated heterocycles. The first-order valence-corrected chi connectivity index (χ1v) is 8.25. The molecule has 0 aliphatic heterocycles. The first-order chi connectivity index (χ1) is 8.74. The topological polar surface area (TPSA) is 92.4 Å². The molecule has 7 heteroatoms. The van der Waals surface area contributed by atoms with Gasteiger partial charge in [0.1, 0.15) is 0 Å². The summed E-state index contributed by atoms with van der Waals surface area (Å²) in [7, 11) is -3.58. The SMILES string of the molecule is Cc1c(N)cc(Br)cc1S(=O)(=O)NCCCC(C)O. The largest absolute Gasteiger partial charge is 0.398 e. The molecule has 1 unspecified atom stereocenters. The lowest BCUT2D eigenvalue weighted by Gasteiger charge is -2.12. The third-order valence-electron chi connectivity index (χ3n) is 2.75. The van der Waals surface area contributed by atoms with E-state index in [1.165, 1.54) is 6.07 Å². The molecule has 1 rings (SSSR count). The van der Waals surface area contributed by atoms with Crippen LogP contribution in [0.25, 0.3) is 0 Å². The highest BCUT2D eigenvalue weighted by molar-refractivity contribution is 9.10. The van der Waals surface area contributed by atoms with Crippen LogP contribution >= 0.6 is 15.9 Å². The van der Waals surface area contributed by atoms with Gasteiger partial charge in [-0.05, 0) is 44.4 Å². The second-order valence-corrected chi connectivity index (χ2v) is 7.16. The van der Waals surface area contributed by atoms with E-state index in [0.717, 1.165) is 0 Å². The third kappa shape index (κ3) is 4.76. The van der Waals surface area contributed by atoms with Crippen LogP contribution in [-0.4, -0.2) is 26.2 Å². The van der Waals surface area contributed by atoms with Gasteiger partial charge in [-0.1, -0.05) is 15.9 Å². The van der Waals surface area contributed by atoms with Gasteiger partial charge in [0.25, 0.3) is 0 Å². The Balaban J connectivity index is 2.83. The maximum atomic E-state index is 12.2. The zero-order chi connectivity index (χ0) is 14.6. The maximum Gasteiger partial charge on any atom is 0.240 e. The van der Waals surface area contributed by atoms with Gasteiger partial charge in [0.15, 0.2) is 0 Å². The van der Waals surface area contributed by atoms with Crippen molar-refractivity contribution >= 4 is 31.6 Å². The molecule has 108 valence electrons. The van der Waals surface area contributed by atoms with Crippen LogP contribution in [-0.2, 0) is 10.0 Å². The summed E-state index contributed by atoms with van der Waals surface area (Å²) in [6.45, 7) is 3.64.